The quantitative estimate of drug-likeness (QED) is 0.582. The van der Waals surface area contributed by atoms with Crippen molar-refractivity contribution in [3.63, 3.8) is 0 Å². The maximum atomic E-state index is 12.6. The number of ether oxygens (including phenoxy) is 1. The monoisotopic (exact) mass is 400 g/mol. The first-order chi connectivity index (χ1) is 13.4. The van der Waals surface area contributed by atoms with Gasteiger partial charge in [0, 0.05) is 11.8 Å². The number of thiophene rings is 1. The minimum atomic E-state index is -0.143. The summed E-state index contributed by atoms with van der Waals surface area (Å²) in [6.45, 7) is 4.78. The van der Waals surface area contributed by atoms with E-state index in [0.29, 0.717) is 23.0 Å². The van der Waals surface area contributed by atoms with Crippen LogP contribution in [0.25, 0.3) is 0 Å². The Hall–Kier alpha value is -1.16. The minimum absolute atomic E-state index is 0.0300. The molecule has 0 bridgehead atoms. The zero-order valence-corrected chi connectivity index (χ0v) is 17.9. The van der Waals surface area contributed by atoms with E-state index >= 15 is 0 Å². The van der Waals surface area contributed by atoms with Crippen LogP contribution in [0.5, 0.6) is 0 Å². The molecule has 7 atom stereocenters. The summed E-state index contributed by atoms with van der Waals surface area (Å²) in [5, 5.41) is 1.93. The molecule has 1 aromatic rings. The van der Waals surface area contributed by atoms with Crippen molar-refractivity contribution < 1.29 is 14.3 Å². The van der Waals surface area contributed by atoms with E-state index in [9.17, 15) is 9.59 Å². The van der Waals surface area contributed by atoms with Gasteiger partial charge in [-0.3, -0.25) is 4.79 Å². The van der Waals surface area contributed by atoms with Gasteiger partial charge >= 0.3 is 5.97 Å². The Bertz CT molecular complexity index is 771. The van der Waals surface area contributed by atoms with Crippen LogP contribution in [-0.4, -0.2) is 17.9 Å². The zero-order valence-electron chi connectivity index (χ0n) is 17.1. The maximum Gasteiger partial charge on any atom is 0.348 e. The molecule has 1 aromatic heterocycles. The summed E-state index contributed by atoms with van der Waals surface area (Å²) in [5.41, 5.74) is 0.333. The van der Waals surface area contributed by atoms with Crippen LogP contribution in [0.4, 0.5) is 0 Å². The number of Topliss-reactive ketones (excluding diaryl/α,β-unsaturated/α-hetero) is 1. The van der Waals surface area contributed by atoms with Crippen molar-refractivity contribution in [2.24, 2.45) is 34.5 Å². The molecule has 28 heavy (non-hydrogen) atoms. The van der Waals surface area contributed by atoms with Gasteiger partial charge in [-0.25, -0.2) is 4.79 Å². The Morgan fingerprint density at radius 2 is 1.96 bits per heavy atom. The first kappa shape index (κ1) is 18.8. The minimum Gasteiger partial charge on any atom is -0.458 e. The van der Waals surface area contributed by atoms with Gasteiger partial charge in [0.05, 0.1) is 0 Å². The van der Waals surface area contributed by atoms with Gasteiger partial charge < -0.3 is 4.74 Å². The molecule has 0 spiro atoms. The van der Waals surface area contributed by atoms with Crippen LogP contribution in [0.15, 0.2) is 17.5 Å². The third-order valence-electron chi connectivity index (χ3n) is 9.32. The van der Waals surface area contributed by atoms with E-state index in [4.69, 9.17) is 4.74 Å². The third-order valence-corrected chi connectivity index (χ3v) is 10.2. The third kappa shape index (κ3) is 2.74. The average Bonchev–Trinajstić information content (AvgIpc) is 3.31. The predicted molar refractivity (Wildman–Crippen MR) is 110 cm³/mol. The molecule has 4 saturated carbocycles. The Morgan fingerprint density at radius 1 is 1.11 bits per heavy atom. The fourth-order valence-corrected chi connectivity index (χ4v) is 8.31. The van der Waals surface area contributed by atoms with E-state index in [1.54, 1.807) is 0 Å². The highest BCUT2D eigenvalue weighted by Crippen LogP contribution is 2.65. The molecule has 0 N–H and O–H groups in total. The lowest BCUT2D eigenvalue weighted by atomic mass is 9.45. The van der Waals surface area contributed by atoms with Crippen LogP contribution in [0, 0.1) is 34.5 Å². The summed E-state index contributed by atoms with van der Waals surface area (Å²) in [4.78, 5) is 25.7. The molecule has 0 unspecified atom stereocenters. The van der Waals surface area contributed by atoms with Gasteiger partial charge in [0.2, 0.25) is 0 Å². The zero-order chi connectivity index (χ0) is 19.5. The van der Waals surface area contributed by atoms with Gasteiger partial charge in [-0.05, 0) is 91.9 Å². The van der Waals surface area contributed by atoms with E-state index in [1.807, 2.05) is 17.5 Å². The second-order valence-electron chi connectivity index (χ2n) is 10.4. The van der Waals surface area contributed by atoms with Crippen LogP contribution in [0.3, 0.4) is 0 Å². The van der Waals surface area contributed by atoms with Gasteiger partial charge in [-0.2, -0.15) is 0 Å². The van der Waals surface area contributed by atoms with E-state index in [0.717, 1.165) is 48.8 Å². The molecule has 0 aromatic carbocycles. The maximum absolute atomic E-state index is 12.6. The highest BCUT2D eigenvalue weighted by atomic mass is 32.1. The Balaban J connectivity index is 1.30. The van der Waals surface area contributed by atoms with Crippen molar-refractivity contribution in [1.82, 2.24) is 0 Å². The molecule has 0 aliphatic heterocycles. The van der Waals surface area contributed by atoms with Crippen LogP contribution in [0.2, 0.25) is 0 Å². The van der Waals surface area contributed by atoms with E-state index in [2.05, 4.69) is 13.8 Å². The summed E-state index contributed by atoms with van der Waals surface area (Å²) >= 11 is 1.46. The number of hydrogen-bond donors (Lipinski definition) is 0. The van der Waals surface area contributed by atoms with Gasteiger partial charge in [0.1, 0.15) is 16.8 Å². The highest BCUT2D eigenvalue weighted by Gasteiger charge is 2.60. The lowest BCUT2D eigenvalue weighted by Crippen LogP contribution is -2.54. The lowest BCUT2D eigenvalue weighted by molar-refractivity contribution is -0.142. The largest absolute Gasteiger partial charge is 0.458 e. The number of carbonyl (C=O) groups excluding carboxylic acids is 2. The van der Waals surface area contributed by atoms with E-state index in [1.165, 1.54) is 37.0 Å². The van der Waals surface area contributed by atoms with Gasteiger partial charge in [0.25, 0.3) is 0 Å². The molecule has 4 aliphatic carbocycles. The SMILES string of the molecule is C[C@]12CC[C@@H](OC(=O)c3cccs3)C[C@@H]1CC[C@H]1[C@H]2CC[C@]2(C)C(=O)CC[C@@H]12. The molecule has 4 heteroatoms. The first-order valence-corrected chi connectivity index (χ1v) is 12.1. The van der Waals surface area contributed by atoms with Crippen molar-refractivity contribution in [2.75, 3.05) is 0 Å². The molecule has 152 valence electrons. The van der Waals surface area contributed by atoms with Crippen molar-refractivity contribution in [3.05, 3.63) is 22.4 Å². The summed E-state index contributed by atoms with van der Waals surface area (Å²) in [6.07, 6.45) is 10.0. The average molecular weight is 401 g/mol. The smallest absolute Gasteiger partial charge is 0.348 e. The van der Waals surface area contributed by atoms with E-state index < -0.39 is 0 Å². The number of hydrogen-bond acceptors (Lipinski definition) is 4. The van der Waals surface area contributed by atoms with Crippen molar-refractivity contribution in [3.8, 4) is 0 Å². The molecular weight excluding hydrogens is 368 g/mol. The van der Waals surface area contributed by atoms with E-state index in [-0.39, 0.29) is 17.5 Å². The van der Waals surface area contributed by atoms with Crippen LogP contribution < -0.4 is 0 Å². The molecule has 3 nitrogen and oxygen atoms in total. The lowest BCUT2D eigenvalue weighted by Gasteiger charge is -2.60. The van der Waals surface area contributed by atoms with Crippen LogP contribution in [0.1, 0.15) is 81.3 Å². The Morgan fingerprint density at radius 3 is 2.75 bits per heavy atom. The highest BCUT2D eigenvalue weighted by molar-refractivity contribution is 7.11. The van der Waals surface area contributed by atoms with Gasteiger partial charge in [0.15, 0.2) is 0 Å². The van der Waals surface area contributed by atoms with Crippen molar-refractivity contribution >= 4 is 23.1 Å². The molecule has 0 saturated heterocycles. The second-order valence-corrected chi connectivity index (χ2v) is 11.3. The van der Waals surface area contributed by atoms with Crippen LogP contribution >= 0.6 is 11.3 Å². The number of rotatable bonds is 2. The summed E-state index contributed by atoms with van der Waals surface area (Å²) in [5.74, 6) is 3.15. The topological polar surface area (TPSA) is 43.4 Å². The molecule has 4 fully saturated rings. The summed E-state index contributed by atoms with van der Waals surface area (Å²) in [7, 11) is 0. The molecule has 5 rings (SSSR count). The van der Waals surface area contributed by atoms with Crippen LogP contribution in [-0.2, 0) is 9.53 Å². The fourth-order valence-electron chi connectivity index (χ4n) is 7.70. The predicted octanol–water partition coefficient (Wildman–Crippen LogP) is 5.89. The molecule has 0 amide bonds. The van der Waals surface area contributed by atoms with Gasteiger partial charge in [-0.15, -0.1) is 11.3 Å². The number of ketones is 1. The summed E-state index contributed by atoms with van der Waals surface area (Å²) < 4.78 is 5.89. The standard InChI is InChI=1S/C24H32O3S/c1-23-11-9-16(27-22(26)20-4-3-13-28-20)14-15(23)5-6-17-18-7-8-21(25)24(18,2)12-10-19(17)23/h3-4,13,15-19H,5-12,14H2,1-2H3/t15-,16+,17+,18-,19+,23-,24-/m0/s1. The van der Waals surface area contributed by atoms with Crippen molar-refractivity contribution in [1.29, 1.82) is 0 Å². The number of carbonyl (C=O) groups is 2. The molecule has 0 radical (unpaired) electrons. The van der Waals surface area contributed by atoms with Gasteiger partial charge in [-0.1, -0.05) is 19.9 Å². The first-order valence-electron chi connectivity index (χ1n) is 11.2. The number of esters is 1. The second kappa shape index (κ2) is 6.68. The molecule has 4 aliphatic rings. The van der Waals surface area contributed by atoms with Crippen molar-refractivity contribution in [2.45, 2.75) is 77.7 Å². The molecular formula is C24H32O3S. The Kier molecular flexibility index (Phi) is 4.50. The molecule has 1 heterocycles. The fraction of sp³-hybridized carbons (Fsp3) is 0.750. The number of fused-ring (bicyclic) bond motifs is 5. The Labute approximate surface area is 172 Å². The normalized spacial score (nSPS) is 45.1. The summed E-state index contributed by atoms with van der Waals surface area (Å²) in [6, 6.07) is 3.76.